The Bertz CT molecular complexity index is 309. The zero-order valence-electron chi connectivity index (χ0n) is 7.72. The van der Waals surface area contributed by atoms with Crippen molar-refractivity contribution in [1.82, 2.24) is 0 Å². The largest absolute Gasteiger partial charge is 0.373 e. The third kappa shape index (κ3) is 1.79. The van der Waals surface area contributed by atoms with Gasteiger partial charge in [-0.2, -0.15) is 0 Å². The Morgan fingerprint density at radius 2 is 2.38 bits per heavy atom. The SMILES string of the molecule is CCC1Cc2c(Br)cccc2CO1. The molecule has 70 valence electrons. The van der Waals surface area contributed by atoms with Crippen LogP contribution in [0.4, 0.5) is 0 Å². The van der Waals surface area contributed by atoms with Crippen molar-refractivity contribution in [3.8, 4) is 0 Å². The molecular formula is C11H13BrO. The predicted octanol–water partition coefficient (Wildman–Crippen LogP) is 3.30. The van der Waals surface area contributed by atoms with Gasteiger partial charge in [0.15, 0.2) is 0 Å². The average Bonchev–Trinajstić information content (AvgIpc) is 2.18. The van der Waals surface area contributed by atoms with Crippen LogP contribution in [0, 0.1) is 0 Å². The van der Waals surface area contributed by atoms with E-state index in [4.69, 9.17) is 4.74 Å². The van der Waals surface area contributed by atoms with Crippen LogP contribution in [0.25, 0.3) is 0 Å². The molecule has 0 saturated heterocycles. The topological polar surface area (TPSA) is 9.23 Å². The first-order valence-corrected chi connectivity index (χ1v) is 5.48. The monoisotopic (exact) mass is 240 g/mol. The lowest BCUT2D eigenvalue weighted by Crippen LogP contribution is -2.21. The summed E-state index contributed by atoms with van der Waals surface area (Å²) < 4.78 is 6.92. The maximum Gasteiger partial charge on any atom is 0.0723 e. The minimum atomic E-state index is 0.409. The molecule has 1 aliphatic heterocycles. The number of rotatable bonds is 1. The summed E-state index contributed by atoms with van der Waals surface area (Å²) in [7, 11) is 0. The van der Waals surface area contributed by atoms with Gasteiger partial charge in [0.2, 0.25) is 0 Å². The van der Waals surface area contributed by atoms with Crippen molar-refractivity contribution in [2.24, 2.45) is 0 Å². The number of ether oxygens (including phenoxy) is 1. The highest BCUT2D eigenvalue weighted by Gasteiger charge is 2.18. The highest BCUT2D eigenvalue weighted by Crippen LogP contribution is 2.28. The summed E-state index contributed by atoms with van der Waals surface area (Å²) in [6.07, 6.45) is 2.56. The van der Waals surface area contributed by atoms with E-state index in [9.17, 15) is 0 Å². The number of fused-ring (bicyclic) bond motifs is 1. The van der Waals surface area contributed by atoms with Gasteiger partial charge in [0.05, 0.1) is 12.7 Å². The van der Waals surface area contributed by atoms with Gasteiger partial charge < -0.3 is 4.74 Å². The fourth-order valence-electron chi connectivity index (χ4n) is 1.72. The van der Waals surface area contributed by atoms with Gasteiger partial charge in [-0.3, -0.25) is 0 Å². The van der Waals surface area contributed by atoms with E-state index in [0.717, 1.165) is 19.4 Å². The average molecular weight is 241 g/mol. The number of hydrogen-bond acceptors (Lipinski definition) is 1. The summed E-state index contributed by atoms with van der Waals surface area (Å²) in [4.78, 5) is 0. The molecule has 0 spiro atoms. The van der Waals surface area contributed by atoms with E-state index < -0.39 is 0 Å². The lowest BCUT2D eigenvalue weighted by atomic mass is 9.98. The molecule has 0 saturated carbocycles. The van der Waals surface area contributed by atoms with Crippen LogP contribution < -0.4 is 0 Å². The predicted molar refractivity (Wildman–Crippen MR) is 56.7 cm³/mol. The molecule has 0 N–H and O–H groups in total. The molecule has 1 aromatic carbocycles. The molecule has 1 aromatic rings. The van der Waals surface area contributed by atoms with E-state index in [0.29, 0.717) is 6.10 Å². The molecule has 1 nitrogen and oxygen atoms in total. The first-order valence-electron chi connectivity index (χ1n) is 4.69. The van der Waals surface area contributed by atoms with E-state index in [1.54, 1.807) is 0 Å². The molecule has 1 aliphatic rings. The Balaban J connectivity index is 2.32. The van der Waals surface area contributed by atoms with Crippen LogP contribution in [0.1, 0.15) is 24.5 Å². The van der Waals surface area contributed by atoms with Crippen LogP contribution in [0.5, 0.6) is 0 Å². The molecule has 0 aromatic heterocycles. The molecule has 1 heterocycles. The van der Waals surface area contributed by atoms with Crippen LogP contribution >= 0.6 is 15.9 Å². The second-order valence-electron chi connectivity index (χ2n) is 3.42. The van der Waals surface area contributed by atoms with Crippen molar-refractivity contribution in [2.45, 2.75) is 32.5 Å². The van der Waals surface area contributed by atoms with E-state index in [2.05, 4.69) is 41.1 Å². The fourth-order valence-corrected chi connectivity index (χ4v) is 2.29. The first-order chi connectivity index (χ1) is 6.31. The molecule has 0 amide bonds. The van der Waals surface area contributed by atoms with E-state index >= 15 is 0 Å². The molecule has 0 bridgehead atoms. The Labute approximate surface area is 87.2 Å². The molecule has 2 rings (SSSR count). The second-order valence-corrected chi connectivity index (χ2v) is 4.28. The van der Waals surface area contributed by atoms with Crippen molar-refractivity contribution >= 4 is 15.9 Å². The molecule has 1 atom stereocenters. The van der Waals surface area contributed by atoms with Gasteiger partial charge in [0.25, 0.3) is 0 Å². The smallest absolute Gasteiger partial charge is 0.0723 e. The Hall–Kier alpha value is -0.340. The Morgan fingerprint density at radius 3 is 3.15 bits per heavy atom. The van der Waals surface area contributed by atoms with Crippen molar-refractivity contribution in [2.75, 3.05) is 0 Å². The summed E-state index contributed by atoms with van der Waals surface area (Å²) >= 11 is 3.58. The Morgan fingerprint density at radius 1 is 1.54 bits per heavy atom. The highest BCUT2D eigenvalue weighted by molar-refractivity contribution is 9.10. The lowest BCUT2D eigenvalue weighted by molar-refractivity contribution is 0.0262. The van der Waals surface area contributed by atoms with Crippen molar-refractivity contribution < 1.29 is 4.74 Å². The molecular weight excluding hydrogens is 228 g/mol. The van der Waals surface area contributed by atoms with Gasteiger partial charge >= 0.3 is 0 Å². The fraction of sp³-hybridized carbons (Fsp3) is 0.455. The quantitative estimate of drug-likeness (QED) is 0.733. The van der Waals surface area contributed by atoms with Gasteiger partial charge in [0, 0.05) is 10.9 Å². The van der Waals surface area contributed by atoms with Crippen LogP contribution in [-0.4, -0.2) is 6.10 Å². The summed E-state index contributed by atoms with van der Waals surface area (Å²) in [6.45, 7) is 2.94. The molecule has 1 unspecified atom stereocenters. The summed E-state index contributed by atoms with van der Waals surface area (Å²) in [5.41, 5.74) is 2.76. The van der Waals surface area contributed by atoms with Crippen molar-refractivity contribution in [3.63, 3.8) is 0 Å². The minimum Gasteiger partial charge on any atom is -0.373 e. The van der Waals surface area contributed by atoms with E-state index in [1.807, 2.05) is 0 Å². The van der Waals surface area contributed by atoms with Crippen molar-refractivity contribution in [1.29, 1.82) is 0 Å². The van der Waals surface area contributed by atoms with Crippen LogP contribution in [0.15, 0.2) is 22.7 Å². The van der Waals surface area contributed by atoms with E-state index in [-0.39, 0.29) is 0 Å². The second kappa shape index (κ2) is 3.81. The summed E-state index contributed by atoms with van der Waals surface area (Å²) in [5, 5.41) is 0. The van der Waals surface area contributed by atoms with Crippen LogP contribution in [0.2, 0.25) is 0 Å². The van der Waals surface area contributed by atoms with Crippen LogP contribution in [0.3, 0.4) is 0 Å². The standard InChI is InChI=1S/C11H13BrO/c1-2-9-6-10-8(7-13-9)4-3-5-11(10)12/h3-5,9H,2,6-7H2,1H3. The minimum absolute atomic E-state index is 0.409. The Kier molecular flexibility index (Phi) is 2.70. The maximum atomic E-state index is 5.69. The molecule has 13 heavy (non-hydrogen) atoms. The molecule has 0 aliphatic carbocycles. The molecule has 0 fully saturated rings. The maximum absolute atomic E-state index is 5.69. The van der Waals surface area contributed by atoms with E-state index in [1.165, 1.54) is 15.6 Å². The van der Waals surface area contributed by atoms with Crippen molar-refractivity contribution in [3.05, 3.63) is 33.8 Å². The number of halogens is 1. The normalized spacial score (nSPS) is 21.2. The molecule has 2 heteroatoms. The van der Waals surface area contributed by atoms with Gasteiger partial charge in [-0.15, -0.1) is 0 Å². The lowest BCUT2D eigenvalue weighted by Gasteiger charge is -2.25. The zero-order valence-corrected chi connectivity index (χ0v) is 9.30. The van der Waals surface area contributed by atoms with Gasteiger partial charge in [-0.25, -0.2) is 0 Å². The third-order valence-corrected chi connectivity index (χ3v) is 3.32. The number of benzene rings is 1. The first kappa shape index (κ1) is 9.22. The summed E-state index contributed by atoms with van der Waals surface area (Å²) in [6, 6.07) is 6.32. The van der Waals surface area contributed by atoms with Crippen LogP contribution in [-0.2, 0) is 17.8 Å². The van der Waals surface area contributed by atoms with Gasteiger partial charge in [-0.1, -0.05) is 35.0 Å². The highest BCUT2D eigenvalue weighted by atomic mass is 79.9. The van der Waals surface area contributed by atoms with Gasteiger partial charge in [-0.05, 0) is 23.6 Å². The van der Waals surface area contributed by atoms with Gasteiger partial charge in [0.1, 0.15) is 0 Å². The molecule has 0 radical (unpaired) electrons. The summed E-state index contributed by atoms with van der Waals surface area (Å²) in [5.74, 6) is 0. The number of hydrogen-bond donors (Lipinski definition) is 0. The zero-order chi connectivity index (χ0) is 9.26. The third-order valence-electron chi connectivity index (χ3n) is 2.58.